The summed E-state index contributed by atoms with van der Waals surface area (Å²) in [4.78, 5) is 28.3. The molecule has 0 saturated carbocycles. The summed E-state index contributed by atoms with van der Waals surface area (Å²) in [5.41, 5.74) is -0.0145. The van der Waals surface area contributed by atoms with Gasteiger partial charge in [0.15, 0.2) is 15.9 Å². The van der Waals surface area contributed by atoms with Gasteiger partial charge in [-0.05, 0) is 22.4 Å². The summed E-state index contributed by atoms with van der Waals surface area (Å²) in [7, 11) is 3.04. The van der Waals surface area contributed by atoms with E-state index in [0.717, 1.165) is 11.0 Å². The number of rotatable bonds is 3. The molecule has 2 aromatic rings. The van der Waals surface area contributed by atoms with Crippen LogP contribution in [0.2, 0.25) is 0 Å². The van der Waals surface area contributed by atoms with Gasteiger partial charge in [-0.1, -0.05) is 6.92 Å². The molecule has 0 aliphatic heterocycles. The molecule has 1 atom stereocenters. The Morgan fingerprint density at radius 1 is 1.32 bits per heavy atom. The molecule has 0 bridgehead atoms. The number of aryl methyl sites for hydroxylation is 1. The Bertz CT molecular complexity index is 746. The maximum Gasteiger partial charge on any atom is 0.332 e. The Morgan fingerprint density at radius 2 is 1.95 bits per heavy atom. The molecule has 2 rings (SSSR count). The molecular weight excluding hydrogens is 336 g/mol. The topological polar surface area (TPSA) is 61.8 Å². The third-order valence-corrected chi connectivity index (χ3v) is 4.18. The largest absolute Gasteiger partial charge is 0.332 e. The van der Waals surface area contributed by atoms with Crippen molar-refractivity contribution in [1.82, 2.24) is 18.7 Å². The van der Waals surface area contributed by atoms with Crippen molar-refractivity contribution in [3.63, 3.8) is 0 Å². The van der Waals surface area contributed by atoms with Crippen molar-refractivity contribution in [2.45, 2.75) is 25.3 Å². The standard InChI is InChI=1S/C11H14BrClN4O2/c1-4-6(13)5-17-7-8(14-10(17)12)15(2)11(19)16(3)9(7)18/h6H,4-5H2,1-3H3/t6-/m1/s1. The van der Waals surface area contributed by atoms with Crippen molar-refractivity contribution >= 4 is 38.7 Å². The molecule has 0 amide bonds. The number of alkyl halides is 1. The molecule has 0 fully saturated rings. The molecule has 0 unspecified atom stereocenters. The molecule has 2 heterocycles. The number of hydrogen-bond donors (Lipinski definition) is 0. The zero-order valence-electron chi connectivity index (χ0n) is 10.9. The van der Waals surface area contributed by atoms with Crippen LogP contribution in [0.4, 0.5) is 0 Å². The molecule has 6 nitrogen and oxygen atoms in total. The minimum Gasteiger partial charge on any atom is -0.311 e. The SMILES string of the molecule is CC[C@@H](Cl)Cn1c(Br)nc2c1c(=O)n(C)c(=O)n2C. The van der Waals surface area contributed by atoms with E-state index in [-0.39, 0.29) is 10.9 Å². The van der Waals surface area contributed by atoms with Crippen LogP contribution >= 0.6 is 27.5 Å². The first-order valence-corrected chi connectivity index (χ1v) is 7.07. The van der Waals surface area contributed by atoms with Crippen LogP contribution in [0, 0.1) is 0 Å². The number of aromatic nitrogens is 4. The van der Waals surface area contributed by atoms with Gasteiger partial charge in [-0.2, -0.15) is 0 Å². The van der Waals surface area contributed by atoms with E-state index >= 15 is 0 Å². The smallest absolute Gasteiger partial charge is 0.311 e. The fraction of sp³-hybridized carbons (Fsp3) is 0.545. The fourth-order valence-electron chi connectivity index (χ4n) is 1.91. The lowest BCUT2D eigenvalue weighted by Gasteiger charge is -2.10. The van der Waals surface area contributed by atoms with E-state index in [4.69, 9.17) is 11.6 Å². The molecule has 0 radical (unpaired) electrons. The zero-order valence-corrected chi connectivity index (χ0v) is 13.2. The third kappa shape index (κ3) is 2.25. The predicted molar refractivity (Wildman–Crippen MR) is 77.8 cm³/mol. The molecule has 0 saturated heterocycles. The number of imidazole rings is 1. The second-order valence-corrected chi connectivity index (χ2v) is 5.70. The van der Waals surface area contributed by atoms with Crippen LogP contribution < -0.4 is 11.2 Å². The van der Waals surface area contributed by atoms with E-state index < -0.39 is 5.69 Å². The van der Waals surface area contributed by atoms with Gasteiger partial charge in [-0.3, -0.25) is 13.9 Å². The first-order valence-electron chi connectivity index (χ1n) is 5.84. The van der Waals surface area contributed by atoms with Crippen molar-refractivity contribution in [2.24, 2.45) is 14.1 Å². The lowest BCUT2D eigenvalue weighted by Crippen LogP contribution is -2.37. The summed E-state index contributed by atoms with van der Waals surface area (Å²) in [6.45, 7) is 2.43. The van der Waals surface area contributed by atoms with E-state index in [1.165, 1.54) is 11.6 Å². The van der Waals surface area contributed by atoms with Crippen LogP contribution in [0.25, 0.3) is 11.2 Å². The quantitative estimate of drug-likeness (QED) is 0.618. The summed E-state index contributed by atoms with van der Waals surface area (Å²) < 4.78 is 4.63. The average Bonchev–Trinajstić information content (AvgIpc) is 2.71. The molecule has 104 valence electrons. The molecule has 0 aliphatic rings. The molecular formula is C11H14BrClN4O2. The van der Waals surface area contributed by atoms with Crippen LogP contribution in [-0.2, 0) is 20.6 Å². The molecule has 0 spiro atoms. The van der Waals surface area contributed by atoms with Crippen molar-refractivity contribution in [2.75, 3.05) is 0 Å². The van der Waals surface area contributed by atoms with E-state index in [1.54, 1.807) is 11.6 Å². The van der Waals surface area contributed by atoms with Gasteiger partial charge in [0, 0.05) is 20.6 Å². The van der Waals surface area contributed by atoms with Gasteiger partial charge in [-0.15, -0.1) is 11.6 Å². The highest BCUT2D eigenvalue weighted by atomic mass is 79.9. The van der Waals surface area contributed by atoms with E-state index in [2.05, 4.69) is 20.9 Å². The van der Waals surface area contributed by atoms with Gasteiger partial charge in [0.2, 0.25) is 0 Å². The number of hydrogen-bond acceptors (Lipinski definition) is 3. The van der Waals surface area contributed by atoms with Gasteiger partial charge in [0.1, 0.15) is 0 Å². The molecule has 2 aromatic heterocycles. The van der Waals surface area contributed by atoms with Gasteiger partial charge in [0.25, 0.3) is 5.56 Å². The lowest BCUT2D eigenvalue weighted by molar-refractivity contribution is 0.636. The Hall–Kier alpha value is -1.08. The highest BCUT2D eigenvalue weighted by molar-refractivity contribution is 9.10. The van der Waals surface area contributed by atoms with Crippen LogP contribution in [0.3, 0.4) is 0 Å². The average molecular weight is 350 g/mol. The van der Waals surface area contributed by atoms with Crippen LogP contribution in [0.15, 0.2) is 14.3 Å². The molecule has 0 aromatic carbocycles. The Kier molecular flexibility index (Phi) is 3.87. The van der Waals surface area contributed by atoms with Crippen LogP contribution in [-0.4, -0.2) is 24.1 Å². The summed E-state index contributed by atoms with van der Waals surface area (Å²) in [6.07, 6.45) is 0.778. The maximum absolute atomic E-state index is 12.2. The zero-order chi connectivity index (χ0) is 14.3. The summed E-state index contributed by atoms with van der Waals surface area (Å²) >= 11 is 9.46. The Balaban J connectivity index is 2.83. The number of nitrogens with zero attached hydrogens (tertiary/aromatic N) is 4. The molecule has 0 N–H and O–H groups in total. The maximum atomic E-state index is 12.2. The summed E-state index contributed by atoms with van der Waals surface area (Å²) in [6, 6.07) is 0. The van der Waals surface area contributed by atoms with Crippen molar-refractivity contribution in [3.8, 4) is 0 Å². The predicted octanol–water partition coefficient (Wildman–Crippen LogP) is 1.21. The van der Waals surface area contributed by atoms with Gasteiger partial charge < -0.3 is 4.57 Å². The van der Waals surface area contributed by atoms with Crippen LogP contribution in [0.5, 0.6) is 0 Å². The molecule has 19 heavy (non-hydrogen) atoms. The number of fused-ring (bicyclic) bond motifs is 1. The monoisotopic (exact) mass is 348 g/mol. The van der Waals surface area contributed by atoms with Crippen LogP contribution in [0.1, 0.15) is 13.3 Å². The third-order valence-electron chi connectivity index (χ3n) is 3.13. The molecule has 8 heteroatoms. The van der Waals surface area contributed by atoms with Crippen molar-refractivity contribution in [1.29, 1.82) is 0 Å². The minimum absolute atomic E-state index is 0.101. The van der Waals surface area contributed by atoms with Gasteiger partial charge in [0.05, 0.1) is 5.38 Å². The first-order chi connectivity index (χ1) is 8.88. The van der Waals surface area contributed by atoms with Gasteiger partial charge >= 0.3 is 5.69 Å². The first kappa shape index (κ1) is 14.3. The van der Waals surface area contributed by atoms with E-state index in [0.29, 0.717) is 22.4 Å². The van der Waals surface area contributed by atoms with Gasteiger partial charge in [-0.25, -0.2) is 9.78 Å². The van der Waals surface area contributed by atoms with E-state index in [9.17, 15) is 9.59 Å². The lowest BCUT2D eigenvalue weighted by atomic mass is 10.3. The van der Waals surface area contributed by atoms with Crippen molar-refractivity contribution in [3.05, 3.63) is 25.6 Å². The van der Waals surface area contributed by atoms with Crippen molar-refractivity contribution < 1.29 is 0 Å². The number of halogens is 2. The second kappa shape index (κ2) is 5.13. The minimum atomic E-state index is -0.396. The highest BCUT2D eigenvalue weighted by Crippen LogP contribution is 2.18. The summed E-state index contributed by atoms with van der Waals surface area (Å²) in [5, 5.41) is -0.101. The summed E-state index contributed by atoms with van der Waals surface area (Å²) in [5.74, 6) is 0. The molecule has 0 aliphatic carbocycles. The highest BCUT2D eigenvalue weighted by Gasteiger charge is 2.19. The van der Waals surface area contributed by atoms with E-state index in [1.807, 2.05) is 6.92 Å². The Labute approximate surface area is 122 Å². The Morgan fingerprint density at radius 3 is 2.53 bits per heavy atom. The fourth-order valence-corrected chi connectivity index (χ4v) is 2.54. The normalized spacial score (nSPS) is 13.1. The second-order valence-electron chi connectivity index (χ2n) is 4.37.